The van der Waals surface area contributed by atoms with Gasteiger partial charge in [-0.05, 0) is 49.6 Å². The van der Waals surface area contributed by atoms with Gasteiger partial charge in [0.25, 0.3) is 0 Å². The molecule has 0 unspecified atom stereocenters. The van der Waals surface area contributed by atoms with Crippen LogP contribution in [0.2, 0.25) is 0 Å². The number of aryl methyl sites for hydroxylation is 2. The van der Waals surface area contributed by atoms with E-state index in [-0.39, 0.29) is 0 Å². The van der Waals surface area contributed by atoms with Gasteiger partial charge in [-0.15, -0.1) is 0 Å². The normalized spacial score (nSPS) is 11.3. The predicted molar refractivity (Wildman–Crippen MR) is 108 cm³/mol. The molecule has 0 aliphatic rings. The Morgan fingerprint density at radius 3 is 2.70 bits per heavy atom. The van der Waals surface area contributed by atoms with Crippen molar-refractivity contribution in [1.29, 1.82) is 0 Å². The average molecular weight is 354 g/mol. The predicted octanol–water partition coefficient (Wildman–Crippen LogP) is 4.86. The number of aromatic nitrogens is 5. The third-order valence-electron chi connectivity index (χ3n) is 4.58. The first-order valence-electron chi connectivity index (χ1n) is 8.80. The zero-order valence-corrected chi connectivity index (χ0v) is 15.0. The van der Waals surface area contributed by atoms with Crippen molar-refractivity contribution in [1.82, 2.24) is 25.1 Å². The first kappa shape index (κ1) is 15.6. The van der Waals surface area contributed by atoms with Crippen LogP contribution in [-0.4, -0.2) is 25.1 Å². The second-order valence-electron chi connectivity index (χ2n) is 6.77. The van der Waals surface area contributed by atoms with Gasteiger partial charge in [0.15, 0.2) is 5.82 Å². The molecule has 0 saturated heterocycles. The van der Waals surface area contributed by atoms with E-state index in [1.54, 1.807) is 0 Å². The van der Waals surface area contributed by atoms with Crippen LogP contribution in [0.3, 0.4) is 0 Å². The average Bonchev–Trinajstić information content (AvgIpc) is 3.25. The fourth-order valence-electron chi connectivity index (χ4n) is 3.34. The molecule has 0 aliphatic carbocycles. The molecule has 0 radical (unpaired) electrons. The highest BCUT2D eigenvalue weighted by molar-refractivity contribution is 5.85. The number of hydrogen-bond donors (Lipinski definition) is 3. The van der Waals surface area contributed by atoms with Crippen LogP contribution in [0.5, 0.6) is 0 Å². The Bertz CT molecular complexity index is 1280. The number of rotatable bonds is 3. The SMILES string of the molecule is Cc1cc(Nc2ccc3[nH]ncc3c2)nc(-c2ccc3cc(C)[nH]c3c2)n1. The number of hydrogen-bond acceptors (Lipinski definition) is 4. The van der Waals surface area contributed by atoms with E-state index >= 15 is 0 Å². The van der Waals surface area contributed by atoms with Gasteiger partial charge < -0.3 is 10.3 Å². The van der Waals surface area contributed by atoms with Crippen molar-refractivity contribution >= 4 is 33.3 Å². The zero-order chi connectivity index (χ0) is 18.4. The number of H-pyrrole nitrogens is 2. The third-order valence-corrected chi connectivity index (χ3v) is 4.58. The molecule has 6 nitrogen and oxygen atoms in total. The Kier molecular flexibility index (Phi) is 3.43. The highest BCUT2D eigenvalue weighted by Gasteiger charge is 2.08. The number of anilines is 2. The summed E-state index contributed by atoms with van der Waals surface area (Å²) in [4.78, 5) is 12.7. The molecule has 0 aliphatic heterocycles. The summed E-state index contributed by atoms with van der Waals surface area (Å²) < 4.78 is 0. The van der Waals surface area contributed by atoms with Crippen LogP contribution in [0.15, 0.2) is 54.7 Å². The summed E-state index contributed by atoms with van der Waals surface area (Å²) in [6, 6.07) is 16.4. The third kappa shape index (κ3) is 2.91. The van der Waals surface area contributed by atoms with Crippen LogP contribution in [0.25, 0.3) is 33.2 Å². The Morgan fingerprint density at radius 1 is 0.852 bits per heavy atom. The fourth-order valence-corrected chi connectivity index (χ4v) is 3.34. The van der Waals surface area contributed by atoms with Crippen molar-refractivity contribution in [3.63, 3.8) is 0 Å². The molecule has 0 saturated carbocycles. The molecule has 0 spiro atoms. The first-order valence-corrected chi connectivity index (χ1v) is 8.80. The summed E-state index contributed by atoms with van der Waals surface area (Å²) in [6.07, 6.45) is 1.81. The van der Waals surface area contributed by atoms with Crippen molar-refractivity contribution in [2.45, 2.75) is 13.8 Å². The van der Waals surface area contributed by atoms with E-state index < -0.39 is 0 Å². The van der Waals surface area contributed by atoms with E-state index in [2.05, 4.69) is 56.7 Å². The maximum atomic E-state index is 4.72. The van der Waals surface area contributed by atoms with E-state index in [0.717, 1.165) is 44.9 Å². The molecule has 0 fully saturated rings. The molecule has 132 valence electrons. The lowest BCUT2D eigenvalue weighted by atomic mass is 10.1. The van der Waals surface area contributed by atoms with Gasteiger partial charge in [0.1, 0.15) is 5.82 Å². The summed E-state index contributed by atoms with van der Waals surface area (Å²) in [5.41, 5.74) is 6.11. The fraction of sp³-hybridized carbons (Fsp3) is 0.0952. The molecule has 0 bridgehead atoms. The number of nitrogens with one attached hydrogen (secondary N) is 3. The lowest BCUT2D eigenvalue weighted by Gasteiger charge is -2.09. The van der Waals surface area contributed by atoms with Gasteiger partial charge in [0.2, 0.25) is 0 Å². The number of fused-ring (bicyclic) bond motifs is 2. The second-order valence-corrected chi connectivity index (χ2v) is 6.77. The van der Waals surface area contributed by atoms with E-state index in [0.29, 0.717) is 5.82 Å². The van der Waals surface area contributed by atoms with Gasteiger partial charge in [0.05, 0.1) is 11.7 Å². The van der Waals surface area contributed by atoms with Crippen LogP contribution in [0, 0.1) is 13.8 Å². The topological polar surface area (TPSA) is 82.3 Å². The van der Waals surface area contributed by atoms with E-state index in [1.165, 1.54) is 5.39 Å². The summed E-state index contributed by atoms with van der Waals surface area (Å²) in [6.45, 7) is 4.04. The van der Waals surface area contributed by atoms with Crippen LogP contribution in [0.1, 0.15) is 11.4 Å². The van der Waals surface area contributed by atoms with E-state index in [1.807, 2.05) is 37.4 Å². The molecule has 3 heterocycles. The minimum atomic E-state index is 0.705. The van der Waals surface area contributed by atoms with Crippen molar-refractivity contribution in [2.24, 2.45) is 0 Å². The van der Waals surface area contributed by atoms with Crippen molar-refractivity contribution < 1.29 is 0 Å². The monoisotopic (exact) mass is 354 g/mol. The smallest absolute Gasteiger partial charge is 0.161 e. The number of aromatic amines is 2. The molecule has 6 heteroatoms. The largest absolute Gasteiger partial charge is 0.359 e. The van der Waals surface area contributed by atoms with Crippen molar-refractivity contribution in [2.75, 3.05) is 5.32 Å². The Balaban J connectivity index is 1.52. The van der Waals surface area contributed by atoms with E-state index in [9.17, 15) is 0 Å². The number of nitrogens with zero attached hydrogens (tertiary/aromatic N) is 3. The lowest BCUT2D eigenvalue weighted by Crippen LogP contribution is -1.99. The van der Waals surface area contributed by atoms with Crippen LogP contribution >= 0.6 is 0 Å². The summed E-state index contributed by atoms with van der Waals surface area (Å²) in [5.74, 6) is 1.47. The molecule has 2 aromatic carbocycles. The van der Waals surface area contributed by atoms with Crippen LogP contribution in [0.4, 0.5) is 11.5 Å². The summed E-state index contributed by atoms with van der Waals surface area (Å²) in [5, 5.41) is 12.6. The minimum Gasteiger partial charge on any atom is -0.359 e. The molecule has 3 aromatic heterocycles. The van der Waals surface area contributed by atoms with Gasteiger partial charge in [0, 0.05) is 39.6 Å². The molecule has 0 atom stereocenters. The molecule has 5 aromatic rings. The Morgan fingerprint density at radius 2 is 1.78 bits per heavy atom. The van der Waals surface area contributed by atoms with Gasteiger partial charge in [-0.25, -0.2) is 9.97 Å². The van der Waals surface area contributed by atoms with Crippen molar-refractivity contribution in [3.8, 4) is 11.4 Å². The highest BCUT2D eigenvalue weighted by Crippen LogP contribution is 2.25. The van der Waals surface area contributed by atoms with Gasteiger partial charge in [-0.3, -0.25) is 5.10 Å². The molecular weight excluding hydrogens is 336 g/mol. The van der Waals surface area contributed by atoms with Gasteiger partial charge >= 0.3 is 0 Å². The van der Waals surface area contributed by atoms with Crippen molar-refractivity contribution in [3.05, 3.63) is 66.1 Å². The standard InChI is InChI=1S/C21H18N6/c1-12-7-14-3-4-15(10-19(14)23-12)21-24-13(2)8-20(26-21)25-17-5-6-18-16(9-17)11-22-27-18/h3-11,23H,1-2H3,(H,22,27)(H,24,25,26). The Hall–Kier alpha value is -3.67. The maximum absolute atomic E-state index is 4.72. The lowest BCUT2D eigenvalue weighted by molar-refractivity contribution is 1.11. The van der Waals surface area contributed by atoms with E-state index in [4.69, 9.17) is 4.98 Å². The quantitative estimate of drug-likeness (QED) is 0.432. The Labute approximate surface area is 155 Å². The molecule has 27 heavy (non-hydrogen) atoms. The summed E-state index contributed by atoms with van der Waals surface area (Å²) in [7, 11) is 0. The maximum Gasteiger partial charge on any atom is 0.161 e. The highest BCUT2D eigenvalue weighted by atomic mass is 15.1. The summed E-state index contributed by atoms with van der Waals surface area (Å²) >= 11 is 0. The molecule has 3 N–H and O–H groups in total. The van der Waals surface area contributed by atoms with Gasteiger partial charge in [-0.2, -0.15) is 5.10 Å². The van der Waals surface area contributed by atoms with Crippen LogP contribution in [-0.2, 0) is 0 Å². The molecule has 5 rings (SSSR count). The molecule has 0 amide bonds. The molecular formula is C21H18N6. The van der Waals surface area contributed by atoms with Crippen LogP contribution < -0.4 is 5.32 Å². The first-order chi connectivity index (χ1) is 13.1. The zero-order valence-electron chi connectivity index (χ0n) is 15.0. The number of benzene rings is 2. The second kappa shape index (κ2) is 5.95. The minimum absolute atomic E-state index is 0.705. The van der Waals surface area contributed by atoms with Gasteiger partial charge in [-0.1, -0.05) is 12.1 Å².